The molecule has 1 fully saturated rings. The van der Waals surface area contributed by atoms with Gasteiger partial charge >= 0.3 is 0 Å². The fraction of sp³-hybridized carbons (Fsp3) is 1.00. The zero-order valence-corrected chi connectivity index (χ0v) is 11.4. The third-order valence-corrected chi connectivity index (χ3v) is 3.18. The lowest BCUT2D eigenvalue weighted by atomic mass is 10.0. The van der Waals surface area contributed by atoms with Gasteiger partial charge in [-0.25, -0.2) is 0 Å². The number of nitrogens with two attached hydrogens (primary N) is 1. The average Bonchev–Trinajstić information content (AvgIpc) is 1.80. The molecule has 0 saturated carbocycles. The fourth-order valence-electron chi connectivity index (χ4n) is 1.04. The summed E-state index contributed by atoms with van der Waals surface area (Å²) in [5.41, 5.74) is 5.59. The Kier molecular flexibility index (Phi) is 6.58. The van der Waals surface area contributed by atoms with Crippen molar-refractivity contribution in [2.75, 3.05) is 13.1 Å². The van der Waals surface area contributed by atoms with Crippen LogP contribution in [0.4, 0.5) is 0 Å². The summed E-state index contributed by atoms with van der Waals surface area (Å²) in [5.74, 6) is 0. The van der Waals surface area contributed by atoms with Crippen LogP contribution in [0.1, 0.15) is 33.6 Å². The third-order valence-electron chi connectivity index (χ3n) is 2.07. The van der Waals surface area contributed by atoms with Crippen LogP contribution >= 0.6 is 0 Å². The van der Waals surface area contributed by atoms with E-state index < -0.39 is 0 Å². The second kappa shape index (κ2) is 6.54. The molecule has 0 amide bonds. The molecule has 1 heterocycles. The van der Waals surface area contributed by atoms with Gasteiger partial charge in [-0.3, -0.25) is 0 Å². The highest BCUT2D eigenvalue weighted by Crippen LogP contribution is 2.13. The van der Waals surface area contributed by atoms with Crippen molar-refractivity contribution in [1.29, 1.82) is 0 Å². The summed E-state index contributed by atoms with van der Waals surface area (Å²) in [6, 6.07) is 0.244. The van der Waals surface area contributed by atoms with E-state index in [2.05, 4.69) is 19.2 Å². The molecule has 1 atom stereocenters. The van der Waals surface area contributed by atoms with Crippen LogP contribution in [-0.4, -0.2) is 35.2 Å². The van der Waals surface area contributed by atoms with E-state index in [1.807, 2.05) is 6.92 Å². The summed E-state index contributed by atoms with van der Waals surface area (Å²) >= 11 is 0. The number of hydrogen-bond donors (Lipinski definition) is 2. The molecular weight excluding hydrogens is 180 g/mol. The van der Waals surface area contributed by atoms with Crippen LogP contribution in [0.15, 0.2) is 0 Å². The Morgan fingerprint density at radius 1 is 1.54 bits per heavy atom. The maximum absolute atomic E-state index is 5.59. The van der Waals surface area contributed by atoms with Crippen molar-refractivity contribution in [1.82, 2.24) is 5.32 Å². The van der Waals surface area contributed by atoms with Crippen LogP contribution in [0.5, 0.6) is 0 Å². The van der Waals surface area contributed by atoms with Crippen LogP contribution in [0.3, 0.4) is 0 Å². The molecule has 0 radical (unpaired) electrons. The number of hydrogen-bond acceptors (Lipinski definition) is 3. The van der Waals surface area contributed by atoms with E-state index in [-0.39, 0.29) is 11.6 Å². The Morgan fingerprint density at radius 2 is 1.92 bits per heavy atom. The van der Waals surface area contributed by atoms with Crippen LogP contribution < -0.4 is 11.1 Å². The Labute approximate surface area is 85.0 Å². The number of nitrogens with one attached hydrogen (secondary N) is 1. The number of rotatable bonds is 3. The molecule has 0 aliphatic carbocycles. The zero-order chi connectivity index (χ0) is 10.3. The van der Waals surface area contributed by atoms with E-state index in [0.29, 0.717) is 0 Å². The van der Waals surface area contributed by atoms with Crippen molar-refractivity contribution >= 4 is 10.5 Å². The molecule has 0 aromatic heterocycles. The SMILES string of the molecule is C1CNC1.CC(N)CC(C)(C)O[SiH3]. The van der Waals surface area contributed by atoms with E-state index in [1.54, 1.807) is 0 Å². The lowest BCUT2D eigenvalue weighted by molar-refractivity contribution is 0.106. The standard InChI is InChI=1S/C6H17NOSi.C3H7N/c1-5(7)4-6(2,3)8-9;1-2-4-3-1/h5H,4,7H2,1-3,9H3;4H,1-3H2. The summed E-state index contributed by atoms with van der Waals surface area (Å²) in [5, 5.41) is 3.11. The molecule has 1 aliphatic rings. The molecule has 0 bridgehead atoms. The lowest BCUT2D eigenvalue weighted by Gasteiger charge is -2.25. The second-order valence-electron chi connectivity index (χ2n) is 4.25. The van der Waals surface area contributed by atoms with E-state index in [0.717, 1.165) is 16.9 Å². The van der Waals surface area contributed by atoms with Crippen molar-refractivity contribution in [3.05, 3.63) is 0 Å². The van der Waals surface area contributed by atoms with Gasteiger partial charge in [-0.05, 0) is 46.7 Å². The first-order chi connectivity index (χ1) is 5.98. The Bertz CT molecular complexity index is 121. The van der Waals surface area contributed by atoms with Gasteiger partial charge in [0.2, 0.25) is 0 Å². The van der Waals surface area contributed by atoms with Gasteiger partial charge in [0.05, 0.1) is 5.60 Å². The quantitative estimate of drug-likeness (QED) is 0.625. The highest BCUT2D eigenvalue weighted by atomic mass is 28.2. The van der Waals surface area contributed by atoms with Crippen molar-refractivity contribution in [2.45, 2.75) is 45.3 Å². The molecule has 0 spiro atoms. The normalized spacial score (nSPS) is 18.5. The van der Waals surface area contributed by atoms with Gasteiger partial charge in [0, 0.05) is 6.04 Å². The molecule has 0 aromatic carbocycles. The van der Waals surface area contributed by atoms with Crippen molar-refractivity contribution in [3.8, 4) is 0 Å². The fourth-order valence-corrected chi connectivity index (χ4v) is 1.20. The molecule has 1 rings (SSSR count). The molecule has 1 aliphatic heterocycles. The minimum absolute atomic E-state index is 0.000386. The van der Waals surface area contributed by atoms with E-state index >= 15 is 0 Å². The van der Waals surface area contributed by atoms with E-state index in [1.165, 1.54) is 19.5 Å². The highest BCUT2D eigenvalue weighted by Gasteiger charge is 2.16. The molecule has 4 heteroatoms. The molecule has 13 heavy (non-hydrogen) atoms. The van der Waals surface area contributed by atoms with E-state index in [4.69, 9.17) is 10.2 Å². The monoisotopic (exact) mass is 204 g/mol. The van der Waals surface area contributed by atoms with Crippen LogP contribution in [0, 0.1) is 0 Å². The zero-order valence-electron chi connectivity index (χ0n) is 9.39. The Balaban J connectivity index is 0.000000293. The van der Waals surface area contributed by atoms with Gasteiger partial charge < -0.3 is 15.5 Å². The summed E-state index contributed by atoms with van der Waals surface area (Å²) < 4.78 is 5.31. The van der Waals surface area contributed by atoms with Crippen LogP contribution in [0.2, 0.25) is 0 Å². The summed E-state index contributed by atoms with van der Waals surface area (Å²) in [6.07, 6.45) is 2.33. The molecule has 1 unspecified atom stereocenters. The largest absolute Gasteiger partial charge is 0.423 e. The maximum atomic E-state index is 5.59. The van der Waals surface area contributed by atoms with Crippen LogP contribution in [0.25, 0.3) is 0 Å². The van der Waals surface area contributed by atoms with Gasteiger partial charge in [-0.1, -0.05) is 0 Å². The van der Waals surface area contributed by atoms with Crippen LogP contribution in [-0.2, 0) is 4.43 Å². The lowest BCUT2D eigenvalue weighted by Crippen LogP contribution is -2.31. The summed E-state index contributed by atoms with van der Waals surface area (Å²) in [7, 11) is 0.797. The van der Waals surface area contributed by atoms with Gasteiger partial charge in [0.25, 0.3) is 0 Å². The van der Waals surface area contributed by atoms with E-state index in [9.17, 15) is 0 Å². The Morgan fingerprint density at radius 3 is 2.00 bits per heavy atom. The Hall–Kier alpha value is 0.0969. The molecule has 0 aromatic rings. The first-order valence-corrected chi connectivity index (χ1v) is 5.81. The van der Waals surface area contributed by atoms with Gasteiger partial charge in [-0.15, -0.1) is 0 Å². The third kappa shape index (κ3) is 8.43. The minimum atomic E-state index is 0.000386. The maximum Gasteiger partial charge on any atom is 0.146 e. The van der Waals surface area contributed by atoms with Crippen molar-refractivity contribution in [2.24, 2.45) is 5.73 Å². The average molecular weight is 204 g/mol. The highest BCUT2D eigenvalue weighted by molar-refractivity contribution is 5.98. The molecule has 3 nitrogen and oxygen atoms in total. The molecule has 1 saturated heterocycles. The summed E-state index contributed by atoms with van der Waals surface area (Å²) in [6.45, 7) is 8.65. The predicted octanol–water partition coefficient (Wildman–Crippen LogP) is -0.221. The smallest absolute Gasteiger partial charge is 0.146 e. The van der Waals surface area contributed by atoms with Crippen molar-refractivity contribution < 1.29 is 4.43 Å². The van der Waals surface area contributed by atoms with Crippen molar-refractivity contribution in [3.63, 3.8) is 0 Å². The summed E-state index contributed by atoms with van der Waals surface area (Å²) in [4.78, 5) is 0. The first kappa shape index (κ1) is 13.1. The molecule has 3 N–H and O–H groups in total. The molecular formula is C9H24N2OSi. The van der Waals surface area contributed by atoms with Gasteiger partial charge in [0.15, 0.2) is 0 Å². The van der Waals surface area contributed by atoms with Gasteiger partial charge in [-0.2, -0.15) is 0 Å². The molecule has 80 valence electrons. The first-order valence-electron chi connectivity index (χ1n) is 4.99. The second-order valence-corrected chi connectivity index (χ2v) is 4.66. The predicted molar refractivity (Wildman–Crippen MR) is 60.9 cm³/mol. The topological polar surface area (TPSA) is 47.3 Å². The van der Waals surface area contributed by atoms with Gasteiger partial charge in [0.1, 0.15) is 10.5 Å². The minimum Gasteiger partial charge on any atom is -0.423 e.